The van der Waals surface area contributed by atoms with Crippen LogP contribution in [-0.4, -0.2) is 14.8 Å². The summed E-state index contributed by atoms with van der Waals surface area (Å²) in [4.78, 5) is 24.4. The quantitative estimate of drug-likeness (QED) is 0.312. The molecule has 2 aromatic carbocycles. The van der Waals surface area contributed by atoms with Crippen molar-refractivity contribution in [1.82, 2.24) is 4.98 Å². The highest BCUT2D eigenvalue weighted by Gasteiger charge is 2.28. The molecule has 0 bridgehead atoms. The fraction of sp³-hybridized carbons (Fsp3) is 0.0625. The summed E-state index contributed by atoms with van der Waals surface area (Å²) in [5.41, 5.74) is 2.03. The number of aromatic amines is 1. The minimum atomic E-state index is -0.631. The van der Waals surface area contributed by atoms with Gasteiger partial charge in [-0.3, -0.25) is 20.2 Å². The Bertz CT molecular complexity index is 1190. The van der Waals surface area contributed by atoms with Crippen LogP contribution in [0.5, 0.6) is 0 Å². The van der Waals surface area contributed by atoms with Crippen LogP contribution in [0.3, 0.4) is 0 Å². The highest BCUT2D eigenvalue weighted by molar-refractivity contribution is 6.10. The van der Waals surface area contributed by atoms with Gasteiger partial charge in [-0.05, 0) is 12.1 Å². The molecule has 0 saturated heterocycles. The van der Waals surface area contributed by atoms with Crippen molar-refractivity contribution in [1.29, 1.82) is 0 Å². The predicted octanol–water partition coefficient (Wildman–Crippen LogP) is 0.119. The molecule has 0 spiro atoms. The molecule has 25 heavy (non-hydrogen) atoms. The minimum absolute atomic E-state index is 0. The van der Waals surface area contributed by atoms with Crippen molar-refractivity contribution in [3.63, 3.8) is 0 Å². The van der Waals surface area contributed by atoms with Gasteiger partial charge in [0, 0.05) is 17.5 Å². The number of aromatic nitrogens is 2. The first-order chi connectivity index (χ1) is 11.5. The van der Waals surface area contributed by atoms with Gasteiger partial charge in [0.15, 0.2) is 0 Å². The Morgan fingerprint density at radius 3 is 2.40 bits per heavy atom. The van der Waals surface area contributed by atoms with Crippen LogP contribution < -0.4 is 17.0 Å². The Hall–Kier alpha value is -3.26. The van der Waals surface area contributed by atoms with Gasteiger partial charge in [0.2, 0.25) is 11.0 Å². The summed E-state index contributed by atoms with van der Waals surface area (Å²) >= 11 is 0. The molecule has 0 aliphatic heterocycles. The highest BCUT2D eigenvalue weighted by Crippen LogP contribution is 2.35. The van der Waals surface area contributed by atoms with Gasteiger partial charge in [-0.2, -0.15) is 4.57 Å². The lowest BCUT2D eigenvalue weighted by atomic mass is 10.1. The van der Waals surface area contributed by atoms with E-state index in [-0.39, 0.29) is 23.8 Å². The third kappa shape index (κ3) is 2.34. The van der Waals surface area contributed by atoms with E-state index in [0.717, 1.165) is 17.0 Å². The van der Waals surface area contributed by atoms with Crippen LogP contribution in [0.2, 0.25) is 0 Å². The summed E-state index contributed by atoms with van der Waals surface area (Å²) in [7, 11) is 1.82. The molecule has 0 unspecified atom stereocenters. The zero-order chi connectivity index (χ0) is 17.0. The third-order valence-corrected chi connectivity index (χ3v) is 4.20. The average Bonchev–Trinajstić information content (AvgIpc) is 2.92. The number of nitrogens with one attached hydrogen (secondary N) is 1. The summed E-state index contributed by atoms with van der Waals surface area (Å²) in [5, 5.41) is 23.9. The van der Waals surface area contributed by atoms with Crippen molar-refractivity contribution in [2.24, 2.45) is 7.05 Å². The molecule has 0 saturated carbocycles. The molecule has 0 aliphatic rings. The van der Waals surface area contributed by atoms with E-state index in [2.05, 4.69) is 4.98 Å². The second-order valence-corrected chi connectivity index (χ2v) is 5.55. The van der Waals surface area contributed by atoms with Gasteiger partial charge < -0.3 is 17.4 Å². The molecule has 4 rings (SSSR count). The summed E-state index contributed by atoms with van der Waals surface area (Å²) < 4.78 is 1.86. The maximum absolute atomic E-state index is 11.5. The Morgan fingerprint density at radius 2 is 1.72 bits per heavy atom. The smallest absolute Gasteiger partial charge is 0.292 e. The second kappa shape index (κ2) is 5.67. The number of benzene rings is 2. The van der Waals surface area contributed by atoms with Crippen LogP contribution in [-0.2, 0) is 7.05 Å². The van der Waals surface area contributed by atoms with Crippen molar-refractivity contribution >= 4 is 44.2 Å². The van der Waals surface area contributed by atoms with E-state index < -0.39 is 9.85 Å². The van der Waals surface area contributed by atoms with Gasteiger partial charge in [-0.15, -0.1) is 0 Å². The number of fused-ring (bicyclic) bond motifs is 4. The molecule has 8 nitrogen and oxygen atoms in total. The summed E-state index contributed by atoms with van der Waals surface area (Å²) in [6.07, 6.45) is 0. The molecule has 9 heteroatoms. The first kappa shape index (κ1) is 16.6. The van der Waals surface area contributed by atoms with Gasteiger partial charge in [0.25, 0.3) is 11.4 Å². The summed E-state index contributed by atoms with van der Waals surface area (Å²) in [6, 6.07) is 11.9. The largest absolute Gasteiger partial charge is 1.00 e. The number of pyridine rings is 1. The standard InChI is InChI=1S/C16H10N4O4.ClH/c1-18-13-5-3-2-4-9(13)6-12-16(18)15-11(17-12)7-10(19(21)22)8-14(15)20(23)24;/h2-8H,1H3;1H. The zero-order valence-electron chi connectivity index (χ0n) is 12.9. The van der Waals surface area contributed by atoms with E-state index >= 15 is 0 Å². The first-order valence-electron chi connectivity index (χ1n) is 7.13. The molecule has 0 atom stereocenters. The van der Waals surface area contributed by atoms with E-state index in [1.807, 2.05) is 41.9 Å². The topological polar surface area (TPSA) is 106 Å². The van der Waals surface area contributed by atoms with E-state index in [9.17, 15) is 20.2 Å². The molecule has 126 valence electrons. The molecule has 0 aliphatic carbocycles. The summed E-state index contributed by atoms with van der Waals surface area (Å²) in [6.45, 7) is 0. The van der Waals surface area contributed by atoms with Crippen LogP contribution in [0.15, 0.2) is 42.5 Å². The van der Waals surface area contributed by atoms with Crippen molar-refractivity contribution in [3.8, 4) is 0 Å². The number of hydrogen-bond acceptors (Lipinski definition) is 4. The molecule has 1 N–H and O–H groups in total. The molecular weight excluding hydrogens is 348 g/mol. The number of rotatable bonds is 2. The number of aryl methyl sites for hydroxylation is 1. The molecular formula is C16H11ClN4O4. The zero-order valence-corrected chi connectivity index (χ0v) is 13.6. The van der Waals surface area contributed by atoms with Crippen LogP contribution in [0.25, 0.3) is 32.8 Å². The van der Waals surface area contributed by atoms with E-state index in [4.69, 9.17) is 0 Å². The van der Waals surface area contributed by atoms with Gasteiger partial charge in [0.1, 0.15) is 18.0 Å². The fourth-order valence-corrected chi connectivity index (χ4v) is 3.19. The SMILES string of the molecule is C[n+]1c2ccccc2cc2[nH]c3cc([N+](=O)[O-])cc([N+](=O)[O-])c3c21.[Cl-]. The van der Waals surface area contributed by atoms with Crippen LogP contribution in [0.4, 0.5) is 11.4 Å². The highest BCUT2D eigenvalue weighted by atomic mass is 35.5. The number of halogens is 1. The lowest BCUT2D eigenvalue weighted by Gasteiger charge is -1.99. The predicted molar refractivity (Wildman–Crippen MR) is 87.8 cm³/mol. The van der Waals surface area contributed by atoms with Crippen LogP contribution in [0, 0.1) is 20.2 Å². The van der Waals surface area contributed by atoms with Crippen LogP contribution in [0.1, 0.15) is 0 Å². The Morgan fingerprint density at radius 1 is 1.00 bits per heavy atom. The second-order valence-electron chi connectivity index (χ2n) is 5.55. The number of nitro groups is 2. The van der Waals surface area contributed by atoms with Gasteiger partial charge >= 0.3 is 0 Å². The van der Waals surface area contributed by atoms with Crippen molar-refractivity contribution in [2.45, 2.75) is 0 Å². The maximum atomic E-state index is 11.5. The molecule has 4 aromatic rings. The van der Waals surface area contributed by atoms with Gasteiger partial charge in [0.05, 0.1) is 21.4 Å². The monoisotopic (exact) mass is 358 g/mol. The number of H-pyrrole nitrogens is 1. The van der Waals surface area contributed by atoms with Crippen LogP contribution >= 0.6 is 0 Å². The molecule has 0 amide bonds. The molecule has 0 fully saturated rings. The number of para-hydroxylation sites is 1. The average molecular weight is 359 g/mol. The maximum Gasteiger partial charge on any atom is 0.292 e. The van der Waals surface area contributed by atoms with E-state index in [0.29, 0.717) is 21.9 Å². The fourth-order valence-electron chi connectivity index (χ4n) is 3.19. The number of nitrogens with zero attached hydrogens (tertiary/aromatic N) is 3. The number of non-ortho nitro benzene ring substituents is 2. The molecule has 2 aromatic heterocycles. The normalized spacial score (nSPS) is 10.9. The van der Waals surface area contributed by atoms with Crippen molar-refractivity contribution < 1.29 is 26.8 Å². The molecule has 2 heterocycles. The Labute approximate surface area is 146 Å². The minimum Gasteiger partial charge on any atom is -1.00 e. The van der Waals surface area contributed by atoms with E-state index in [1.54, 1.807) is 0 Å². The molecule has 0 radical (unpaired) electrons. The Kier molecular flexibility index (Phi) is 3.77. The van der Waals surface area contributed by atoms with Gasteiger partial charge in [-0.25, -0.2) is 0 Å². The van der Waals surface area contributed by atoms with Gasteiger partial charge in [-0.1, -0.05) is 12.1 Å². The van der Waals surface area contributed by atoms with Crippen molar-refractivity contribution in [3.05, 3.63) is 62.7 Å². The lowest BCUT2D eigenvalue weighted by Crippen LogP contribution is -3.00. The number of hydrogen-bond donors (Lipinski definition) is 1. The van der Waals surface area contributed by atoms with Crippen molar-refractivity contribution in [2.75, 3.05) is 0 Å². The summed E-state index contributed by atoms with van der Waals surface area (Å²) in [5.74, 6) is 0. The third-order valence-electron chi connectivity index (χ3n) is 4.20. The Balaban J connectivity index is 0.00000182. The first-order valence-corrected chi connectivity index (χ1v) is 7.13. The van der Waals surface area contributed by atoms with E-state index in [1.165, 1.54) is 6.07 Å². The lowest BCUT2D eigenvalue weighted by molar-refractivity contribution is -0.616. The number of nitro benzene ring substituents is 2.